The van der Waals surface area contributed by atoms with Gasteiger partial charge < -0.3 is 9.47 Å². The van der Waals surface area contributed by atoms with E-state index < -0.39 is 0 Å². The molecule has 0 atom stereocenters. The van der Waals surface area contributed by atoms with Crippen molar-refractivity contribution in [1.29, 1.82) is 0 Å². The molecule has 0 saturated heterocycles. The predicted octanol–water partition coefficient (Wildman–Crippen LogP) is 12.0. The maximum absolute atomic E-state index is 13.0. The minimum absolute atomic E-state index is 0.203. The van der Waals surface area contributed by atoms with E-state index in [1.807, 2.05) is 49.4 Å². The first-order valence-electron chi connectivity index (χ1n) is 17.4. The summed E-state index contributed by atoms with van der Waals surface area (Å²) >= 11 is 0. The van der Waals surface area contributed by atoms with Gasteiger partial charge >= 0.3 is 11.9 Å². The van der Waals surface area contributed by atoms with E-state index in [0.717, 1.165) is 52.8 Å². The van der Waals surface area contributed by atoms with Crippen molar-refractivity contribution in [3.63, 3.8) is 0 Å². The minimum Gasteiger partial charge on any atom is -0.425 e. The number of hydrogen-bond donors (Lipinski definition) is 0. The van der Waals surface area contributed by atoms with Crippen LogP contribution in [0.25, 0.3) is 21.5 Å². The van der Waals surface area contributed by atoms with Crippen molar-refractivity contribution in [2.45, 2.75) is 149 Å². The van der Waals surface area contributed by atoms with Crippen LogP contribution in [0.1, 0.15) is 148 Å². The van der Waals surface area contributed by atoms with E-state index in [0.29, 0.717) is 24.3 Å². The summed E-state index contributed by atoms with van der Waals surface area (Å²) < 4.78 is 12.1. The average Bonchev–Trinajstić information content (AvgIpc) is 3.01. The second-order valence-corrected chi connectivity index (χ2v) is 12.4. The Hall–Kier alpha value is -2.88. The molecular weight excluding hydrogens is 532 g/mol. The van der Waals surface area contributed by atoms with Crippen molar-refractivity contribution >= 4 is 33.5 Å². The van der Waals surface area contributed by atoms with Gasteiger partial charge in [0.2, 0.25) is 0 Å². The molecule has 0 aliphatic carbocycles. The second kappa shape index (κ2) is 20.1. The van der Waals surface area contributed by atoms with Crippen molar-refractivity contribution in [3.8, 4) is 11.5 Å². The van der Waals surface area contributed by atoms with Crippen molar-refractivity contribution < 1.29 is 19.1 Å². The van der Waals surface area contributed by atoms with Gasteiger partial charge in [0, 0.05) is 34.4 Å². The highest BCUT2D eigenvalue weighted by molar-refractivity contribution is 6.12. The van der Waals surface area contributed by atoms with E-state index in [4.69, 9.17) is 9.47 Å². The number of ether oxygens (including phenoxy) is 2. The minimum atomic E-state index is -0.204. The number of carbonyl (C=O) groups is 2. The summed E-state index contributed by atoms with van der Waals surface area (Å²) in [6.07, 6.45) is 22.5. The summed E-state index contributed by atoms with van der Waals surface area (Å²) in [6.45, 7) is 6.52. The molecule has 0 aliphatic heterocycles. The zero-order valence-corrected chi connectivity index (χ0v) is 27.3. The number of rotatable bonds is 22. The molecule has 0 N–H and O–H groups in total. The van der Waals surface area contributed by atoms with Gasteiger partial charge in [0.15, 0.2) is 0 Å². The molecule has 43 heavy (non-hydrogen) atoms. The molecule has 0 spiro atoms. The topological polar surface area (TPSA) is 52.6 Å². The van der Waals surface area contributed by atoms with Crippen molar-refractivity contribution in [1.82, 2.24) is 0 Å². The van der Waals surface area contributed by atoms with Gasteiger partial charge in [-0.05, 0) is 25.8 Å². The van der Waals surface area contributed by atoms with Crippen LogP contribution < -0.4 is 9.47 Å². The molecule has 0 aliphatic rings. The highest BCUT2D eigenvalue weighted by Gasteiger charge is 2.20. The van der Waals surface area contributed by atoms with Gasteiger partial charge in [-0.15, -0.1) is 0 Å². The SMILES string of the molecule is CCCCCCCCCCCC(=O)Oc1c2ccccc2c(OC(=O)CCCCCCCCCCC)c2cc(C)ccc12. The van der Waals surface area contributed by atoms with Gasteiger partial charge in [0.1, 0.15) is 11.5 Å². The molecule has 3 aromatic carbocycles. The molecule has 0 heterocycles. The molecule has 4 heteroatoms. The Balaban J connectivity index is 1.61. The molecule has 3 aromatic rings. The molecule has 236 valence electrons. The summed E-state index contributed by atoms with van der Waals surface area (Å²) in [4.78, 5) is 26.0. The third-order valence-electron chi connectivity index (χ3n) is 8.48. The van der Waals surface area contributed by atoms with Crippen LogP contribution in [0.2, 0.25) is 0 Å². The van der Waals surface area contributed by atoms with Gasteiger partial charge in [0.25, 0.3) is 0 Å². The van der Waals surface area contributed by atoms with Crippen LogP contribution in [0.4, 0.5) is 0 Å². The smallest absolute Gasteiger partial charge is 0.311 e. The van der Waals surface area contributed by atoms with E-state index in [1.54, 1.807) is 0 Å². The monoisotopic (exact) mass is 588 g/mol. The van der Waals surface area contributed by atoms with E-state index in [1.165, 1.54) is 89.9 Å². The molecule has 0 fully saturated rings. The number of benzene rings is 3. The molecule has 0 aromatic heterocycles. The summed E-state index contributed by atoms with van der Waals surface area (Å²) in [5, 5.41) is 3.21. The van der Waals surface area contributed by atoms with Crippen LogP contribution in [-0.4, -0.2) is 11.9 Å². The van der Waals surface area contributed by atoms with E-state index in [2.05, 4.69) is 13.8 Å². The van der Waals surface area contributed by atoms with Crippen LogP contribution in [0.3, 0.4) is 0 Å². The van der Waals surface area contributed by atoms with Gasteiger partial charge in [0.05, 0.1) is 0 Å². The Kier molecular flexibility index (Phi) is 16.2. The van der Waals surface area contributed by atoms with Gasteiger partial charge in [-0.25, -0.2) is 0 Å². The van der Waals surface area contributed by atoms with Crippen molar-refractivity contribution in [2.24, 2.45) is 0 Å². The molecular formula is C39H56O4. The third-order valence-corrected chi connectivity index (χ3v) is 8.48. The van der Waals surface area contributed by atoms with Crippen LogP contribution >= 0.6 is 0 Å². The number of fused-ring (bicyclic) bond motifs is 2. The van der Waals surface area contributed by atoms with E-state index in [9.17, 15) is 9.59 Å². The number of esters is 2. The molecule has 0 unspecified atom stereocenters. The lowest BCUT2D eigenvalue weighted by Crippen LogP contribution is -2.11. The lowest BCUT2D eigenvalue weighted by atomic mass is 9.99. The summed E-state index contributed by atoms with van der Waals surface area (Å²) in [5.74, 6) is 0.718. The quantitative estimate of drug-likeness (QED) is 0.0507. The van der Waals surface area contributed by atoms with Gasteiger partial charge in [-0.1, -0.05) is 159 Å². The highest BCUT2D eigenvalue weighted by Crippen LogP contribution is 2.43. The van der Waals surface area contributed by atoms with E-state index >= 15 is 0 Å². The fraction of sp³-hybridized carbons (Fsp3) is 0.590. The Labute approximate surface area is 260 Å². The summed E-state index contributed by atoms with van der Waals surface area (Å²) in [6, 6.07) is 13.8. The predicted molar refractivity (Wildman–Crippen MR) is 181 cm³/mol. The van der Waals surface area contributed by atoms with Crippen LogP contribution in [0.5, 0.6) is 11.5 Å². The van der Waals surface area contributed by atoms with E-state index in [-0.39, 0.29) is 11.9 Å². The molecule has 0 bridgehead atoms. The van der Waals surface area contributed by atoms with Gasteiger partial charge in [-0.3, -0.25) is 9.59 Å². The first-order chi connectivity index (χ1) is 21.0. The molecule has 0 saturated carbocycles. The molecule has 4 nitrogen and oxygen atoms in total. The van der Waals surface area contributed by atoms with Gasteiger partial charge in [-0.2, -0.15) is 0 Å². The standard InChI is InChI=1S/C39H56O4/c1-4-6-8-10-12-14-16-18-20-26-36(40)42-38-32-24-22-23-25-33(32)39(35-30-31(3)28-29-34(35)38)43-37(41)27-21-19-17-15-13-11-9-7-5-2/h22-25,28-30H,4-21,26-27H2,1-3H3. The zero-order valence-electron chi connectivity index (χ0n) is 27.3. The number of hydrogen-bond acceptors (Lipinski definition) is 4. The van der Waals surface area contributed by atoms with Crippen LogP contribution in [0.15, 0.2) is 42.5 Å². The number of unbranched alkanes of at least 4 members (excludes halogenated alkanes) is 16. The van der Waals surface area contributed by atoms with Crippen molar-refractivity contribution in [3.05, 3.63) is 48.0 Å². The lowest BCUT2D eigenvalue weighted by molar-refractivity contribution is -0.135. The van der Waals surface area contributed by atoms with Crippen molar-refractivity contribution in [2.75, 3.05) is 0 Å². The normalized spacial score (nSPS) is 11.3. The zero-order chi connectivity index (χ0) is 30.7. The highest BCUT2D eigenvalue weighted by atomic mass is 16.5. The Morgan fingerprint density at radius 2 is 0.860 bits per heavy atom. The third kappa shape index (κ3) is 12.0. The summed E-state index contributed by atoms with van der Waals surface area (Å²) in [7, 11) is 0. The first kappa shape index (κ1) is 34.6. The molecule has 3 rings (SSSR count). The van der Waals surface area contributed by atoms with Crippen LogP contribution in [0, 0.1) is 6.92 Å². The Bertz CT molecular complexity index is 1260. The molecule has 0 amide bonds. The summed E-state index contributed by atoms with van der Waals surface area (Å²) in [5.41, 5.74) is 1.06. The Morgan fingerprint density at radius 3 is 1.30 bits per heavy atom. The Morgan fingerprint density at radius 1 is 0.488 bits per heavy atom. The molecule has 0 radical (unpaired) electrons. The fourth-order valence-electron chi connectivity index (χ4n) is 5.92. The van der Waals surface area contributed by atoms with Crippen LogP contribution in [-0.2, 0) is 9.59 Å². The number of carbonyl (C=O) groups excluding carboxylic acids is 2. The maximum Gasteiger partial charge on any atom is 0.311 e. The number of aryl methyl sites for hydroxylation is 1. The lowest BCUT2D eigenvalue weighted by Gasteiger charge is -2.17. The largest absolute Gasteiger partial charge is 0.425 e. The average molecular weight is 589 g/mol. The first-order valence-corrected chi connectivity index (χ1v) is 17.4. The fourth-order valence-corrected chi connectivity index (χ4v) is 5.92. The second-order valence-electron chi connectivity index (χ2n) is 12.4. The maximum atomic E-state index is 13.0.